The zero-order chi connectivity index (χ0) is 30.3. The summed E-state index contributed by atoms with van der Waals surface area (Å²) in [6.07, 6.45) is 3.83. The van der Waals surface area contributed by atoms with Gasteiger partial charge < -0.3 is 34.9 Å². The van der Waals surface area contributed by atoms with Crippen molar-refractivity contribution in [3.63, 3.8) is 0 Å². The van der Waals surface area contributed by atoms with E-state index in [2.05, 4.69) is 69.6 Å². The van der Waals surface area contributed by atoms with Gasteiger partial charge in [-0.3, -0.25) is 5.41 Å². The summed E-state index contributed by atoms with van der Waals surface area (Å²) < 4.78 is 0. The van der Waals surface area contributed by atoms with Crippen LogP contribution in [0, 0.1) is 0 Å². The van der Waals surface area contributed by atoms with Gasteiger partial charge in [0.1, 0.15) is 5.41 Å². The highest BCUT2D eigenvalue weighted by Gasteiger charge is 2.45. The molecule has 5 N–H and O–H groups in total. The first-order valence-electron chi connectivity index (χ1n) is 12.3. The number of carbonyl (C=O) groups is 4. The summed E-state index contributed by atoms with van der Waals surface area (Å²) >= 11 is 1.94. The Labute approximate surface area is 237 Å². The predicted octanol–water partition coefficient (Wildman–Crippen LogP) is -1.52. The van der Waals surface area contributed by atoms with Crippen LogP contribution in [0.1, 0.15) is 36.5 Å². The third kappa shape index (κ3) is 10.5. The lowest BCUT2D eigenvalue weighted by atomic mass is 9.66. The van der Waals surface area contributed by atoms with E-state index in [0.717, 1.165) is 30.9 Å². The number of fused-ring (bicyclic) bond motifs is 2. The number of nitrogens with two attached hydrogens (primary N) is 1. The van der Waals surface area contributed by atoms with Gasteiger partial charge in [-0.25, -0.2) is 9.59 Å². The highest BCUT2D eigenvalue weighted by molar-refractivity contribution is 7.98. The van der Waals surface area contributed by atoms with Gasteiger partial charge >= 0.3 is 11.9 Å². The molecule has 2 aromatic carbocycles. The molecule has 0 spiro atoms. The molecular weight excluding hydrogens is 536 g/mol. The fourth-order valence-corrected chi connectivity index (χ4v) is 5.24. The van der Waals surface area contributed by atoms with E-state index >= 15 is 0 Å². The van der Waals surface area contributed by atoms with Gasteiger partial charge in [0.05, 0.1) is 32.6 Å². The number of carboxylic acids is 4. The molecule has 1 heterocycles. The van der Waals surface area contributed by atoms with Crippen molar-refractivity contribution in [1.29, 1.82) is 0 Å². The Hall–Kier alpha value is -4.22. The summed E-state index contributed by atoms with van der Waals surface area (Å²) in [5.41, 5.74) is 5.13. The third-order valence-electron chi connectivity index (χ3n) is 5.86. The number of hydrogen-bond donors (Lipinski definition) is 4. The first-order chi connectivity index (χ1) is 18.8. The van der Waals surface area contributed by atoms with E-state index in [0.29, 0.717) is 24.3 Å². The maximum Gasteiger partial charge on any atom is 0.328 e. The van der Waals surface area contributed by atoms with Gasteiger partial charge in [0, 0.05) is 35.6 Å². The average Bonchev–Trinajstić information content (AvgIpc) is 3.05. The molecule has 3 rings (SSSR count). The normalized spacial score (nSPS) is 15.5. The van der Waals surface area contributed by atoms with E-state index in [4.69, 9.17) is 15.6 Å². The number of nitrogens with one attached hydrogen (secondary N) is 1. The molecule has 1 unspecified atom stereocenters. The lowest BCUT2D eigenvalue weighted by molar-refractivity contribution is -0.858. The summed E-state index contributed by atoms with van der Waals surface area (Å²) in [5, 5.41) is 41.2. The lowest BCUT2D eigenvalue weighted by Crippen LogP contribution is -3.06. The van der Waals surface area contributed by atoms with E-state index in [-0.39, 0.29) is 5.41 Å². The van der Waals surface area contributed by atoms with Crippen molar-refractivity contribution in [1.82, 2.24) is 0 Å². The molecule has 0 aromatic heterocycles. The molecule has 2 aromatic rings. The molecule has 40 heavy (non-hydrogen) atoms. The average molecular weight is 571 g/mol. The number of rotatable bonds is 9. The number of carboxylic acid groups (broad SMARTS) is 4. The predicted molar refractivity (Wildman–Crippen MR) is 146 cm³/mol. The first-order valence-corrected chi connectivity index (χ1v) is 13.3. The Morgan fingerprint density at radius 1 is 0.900 bits per heavy atom. The number of aliphatic carboxylic acids is 4. The monoisotopic (exact) mass is 570 g/mol. The van der Waals surface area contributed by atoms with Crippen LogP contribution >= 0.6 is 11.8 Å². The van der Waals surface area contributed by atoms with E-state index in [9.17, 15) is 29.4 Å². The highest BCUT2D eigenvalue weighted by Crippen LogP contribution is 2.46. The molecule has 0 amide bonds. The zero-order valence-electron chi connectivity index (χ0n) is 22.6. The van der Waals surface area contributed by atoms with Crippen LogP contribution in [0.4, 0.5) is 0 Å². The number of thioether (sulfide) groups is 1. The summed E-state index contributed by atoms with van der Waals surface area (Å²) in [6.45, 7) is 3.27. The summed E-state index contributed by atoms with van der Waals surface area (Å²) in [6, 6.07) is 17.7. The van der Waals surface area contributed by atoms with E-state index in [1.165, 1.54) is 26.5 Å². The van der Waals surface area contributed by atoms with Crippen LogP contribution in [0.3, 0.4) is 0 Å². The number of benzene rings is 2. The van der Waals surface area contributed by atoms with Gasteiger partial charge in [0.2, 0.25) is 0 Å². The summed E-state index contributed by atoms with van der Waals surface area (Å²) in [4.78, 5) is 40.8. The number of hydrogen-bond acceptors (Lipinski definition) is 7. The molecule has 0 radical (unpaired) electrons. The van der Waals surface area contributed by atoms with Crippen molar-refractivity contribution < 1.29 is 49.9 Å². The van der Waals surface area contributed by atoms with Crippen LogP contribution in [0.25, 0.3) is 0 Å². The molecule has 0 aliphatic carbocycles. The quantitative estimate of drug-likeness (QED) is 0.205. The minimum atomic E-state index is -1.51. The second-order valence-electron chi connectivity index (χ2n) is 8.91. The van der Waals surface area contributed by atoms with Crippen LogP contribution in [-0.4, -0.2) is 60.4 Å². The Bertz CT molecular complexity index is 1160. The summed E-state index contributed by atoms with van der Waals surface area (Å²) in [5.74, 6) is -4.59. The smallest absolute Gasteiger partial charge is 0.328 e. The van der Waals surface area contributed by atoms with Crippen LogP contribution in [0.5, 0.6) is 0 Å². The molecular formula is C29H34N2O8S. The van der Waals surface area contributed by atoms with Gasteiger partial charge in [-0.1, -0.05) is 49.4 Å². The van der Waals surface area contributed by atoms with Gasteiger partial charge in [0.25, 0.3) is 0 Å². The molecule has 0 bridgehead atoms. The van der Waals surface area contributed by atoms with Crippen LogP contribution in [0.2, 0.25) is 0 Å². The highest BCUT2D eigenvalue weighted by atomic mass is 32.2. The van der Waals surface area contributed by atoms with E-state index in [1.54, 1.807) is 0 Å². The molecule has 10 nitrogen and oxygen atoms in total. The Kier molecular flexibility index (Phi) is 14.1. The number of quaternary nitrogens is 1. The zero-order valence-corrected chi connectivity index (χ0v) is 23.4. The molecule has 0 saturated carbocycles. The minimum Gasteiger partial charge on any atom is -0.545 e. The molecule has 11 heteroatoms. The van der Waals surface area contributed by atoms with E-state index < -0.39 is 23.9 Å². The van der Waals surface area contributed by atoms with Crippen LogP contribution in [-0.2, 0) is 30.3 Å². The maximum absolute atomic E-state index is 9.53. The molecule has 0 fully saturated rings. The largest absolute Gasteiger partial charge is 0.545 e. The van der Waals surface area contributed by atoms with Gasteiger partial charge in [-0.15, -0.1) is 11.8 Å². The van der Waals surface area contributed by atoms with Crippen molar-refractivity contribution in [2.24, 2.45) is 0 Å². The molecule has 1 aliphatic heterocycles. The van der Waals surface area contributed by atoms with Crippen molar-refractivity contribution in [2.45, 2.75) is 35.8 Å². The molecule has 1 atom stereocenters. The third-order valence-corrected chi connectivity index (χ3v) is 6.98. The van der Waals surface area contributed by atoms with Gasteiger partial charge in [0.15, 0.2) is 5.71 Å². The van der Waals surface area contributed by atoms with Crippen LogP contribution in [0.15, 0.2) is 77.7 Å². The van der Waals surface area contributed by atoms with Gasteiger partial charge in [-0.2, -0.15) is 0 Å². The second kappa shape index (κ2) is 16.7. The topological polar surface area (TPSA) is 185 Å². The summed E-state index contributed by atoms with van der Waals surface area (Å²) in [7, 11) is 4.44. The van der Waals surface area contributed by atoms with Crippen molar-refractivity contribution in [3.8, 4) is 0 Å². The van der Waals surface area contributed by atoms with Crippen molar-refractivity contribution >= 4 is 41.4 Å². The fourth-order valence-electron chi connectivity index (χ4n) is 4.10. The second-order valence-corrected chi connectivity index (χ2v) is 9.93. The number of carbonyl (C=O) groups excluding carboxylic acids is 2. The Morgan fingerprint density at radius 3 is 1.85 bits per heavy atom. The van der Waals surface area contributed by atoms with Crippen molar-refractivity contribution in [3.05, 3.63) is 89.5 Å². The standard InChI is InChI=1S/C21H26N2S.2C4H4O4/c1-4-20(22)21(13-14-23(2)3)17-10-6-5-9-16(17)15-24-19-12-8-7-11-18(19)21;2*5-3(6)1-2-4(7)8/h5-12,22H,4,13-15H2,1-3H3;2*1-2H,(H,5,6)(H,7,8)/b;2*2-1-. The SMILES string of the molecule is CCC(=[NH2+])C1(CC[NH+](C)C)c2ccccc2CSc2ccccc21.O=C([O-])/C=C\C(=O)O.O=C([O-])/C=C\C(=O)O. The maximum atomic E-state index is 9.53. The molecule has 1 aliphatic rings. The first kappa shape index (κ1) is 33.8. The Balaban J connectivity index is 0.000000412. The fraction of sp³-hybridized carbons (Fsp3) is 0.276. The van der Waals surface area contributed by atoms with Crippen molar-refractivity contribution in [2.75, 3.05) is 20.6 Å². The van der Waals surface area contributed by atoms with E-state index in [1.807, 2.05) is 11.8 Å². The van der Waals surface area contributed by atoms with Gasteiger partial charge in [-0.05, 0) is 34.9 Å². The van der Waals surface area contributed by atoms with Crippen LogP contribution < -0.4 is 20.5 Å². The molecule has 214 valence electrons. The Morgan fingerprint density at radius 2 is 1.40 bits per heavy atom. The lowest BCUT2D eigenvalue weighted by Gasteiger charge is -2.34. The molecule has 0 saturated heterocycles. The minimum absolute atomic E-state index is 0.178.